The molecule has 0 saturated carbocycles. The summed E-state index contributed by atoms with van der Waals surface area (Å²) >= 11 is 0. The summed E-state index contributed by atoms with van der Waals surface area (Å²) in [4.78, 5) is 11.2. The molecule has 0 atom stereocenters. The molecule has 4 nitrogen and oxygen atoms in total. The number of hydrogen-bond acceptors (Lipinski definition) is 3. The van der Waals surface area contributed by atoms with Gasteiger partial charge < -0.3 is 14.8 Å². The summed E-state index contributed by atoms with van der Waals surface area (Å²) in [5.74, 6) is 0. The minimum atomic E-state index is -1.25. The highest BCUT2D eigenvalue weighted by Crippen LogP contribution is 2.24. The number of nitrogens with one attached hydrogen (secondary N) is 1. The van der Waals surface area contributed by atoms with Crippen molar-refractivity contribution in [1.82, 2.24) is 5.32 Å². The van der Waals surface area contributed by atoms with Crippen LogP contribution in [0, 0.1) is 0 Å². The van der Waals surface area contributed by atoms with Crippen LogP contribution in [0.15, 0.2) is 0 Å². The van der Waals surface area contributed by atoms with Crippen molar-refractivity contribution >= 4 is 6.09 Å². The van der Waals surface area contributed by atoms with E-state index in [4.69, 9.17) is 9.47 Å². The zero-order valence-electron chi connectivity index (χ0n) is 9.43. The molecule has 0 spiro atoms. The van der Waals surface area contributed by atoms with Crippen LogP contribution in [-0.2, 0) is 9.47 Å². The minimum absolute atomic E-state index is 0.128. The third-order valence-electron chi connectivity index (χ3n) is 1.96. The van der Waals surface area contributed by atoms with E-state index in [1.54, 1.807) is 20.8 Å². The van der Waals surface area contributed by atoms with E-state index in [0.717, 1.165) is 0 Å². The molecule has 1 aliphatic rings. The third-order valence-corrected chi connectivity index (χ3v) is 1.96. The zero-order valence-corrected chi connectivity index (χ0v) is 9.43. The van der Waals surface area contributed by atoms with Crippen molar-refractivity contribution in [2.45, 2.75) is 38.5 Å². The predicted octanol–water partition coefficient (Wildman–Crippen LogP) is 1.64. The second kappa shape index (κ2) is 4.35. The Kier molecular flexibility index (Phi) is 3.54. The molecule has 0 aromatic carbocycles. The van der Waals surface area contributed by atoms with Crippen LogP contribution in [0.4, 0.5) is 9.18 Å². The van der Waals surface area contributed by atoms with Gasteiger partial charge in [0.05, 0.1) is 13.2 Å². The molecule has 1 N–H and O–H groups in total. The minimum Gasteiger partial charge on any atom is -0.444 e. The van der Waals surface area contributed by atoms with Gasteiger partial charge in [-0.15, -0.1) is 0 Å². The Hall–Kier alpha value is -0.840. The highest BCUT2D eigenvalue weighted by molar-refractivity contribution is 5.67. The van der Waals surface area contributed by atoms with Crippen molar-refractivity contribution in [3.05, 3.63) is 0 Å². The van der Waals surface area contributed by atoms with Gasteiger partial charge in [0.25, 0.3) is 0 Å². The van der Waals surface area contributed by atoms with Crippen LogP contribution in [0.5, 0.6) is 0 Å². The number of carbonyl (C=O) groups is 1. The molecule has 1 saturated heterocycles. The number of hydrogen-bond donors (Lipinski definition) is 1. The smallest absolute Gasteiger partial charge is 0.407 e. The normalized spacial score (nSPS) is 19.2. The highest BCUT2D eigenvalue weighted by atomic mass is 19.1. The maximum Gasteiger partial charge on any atom is 0.407 e. The first-order valence-electron chi connectivity index (χ1n) is 5.04. The summed E-state index contributed by atoms with van der Waals surface area (Å²) < 4.78 is 23.1. The molecule has 88 valence electrons. The first-order chi connectivity index (χ1) is 6.81. The molecular formula is C10H18FNO3. The Labute approximate surface area is 89.1 Å². The molecule has 1 rings (SSSR count). The molecule has 0 aliphatic carbocycles. The molecule has 0 unspecified atom stereocenters. The van der Waals surface area contributed by atoms with Crippen LogP contribution in [0.25, 0.3) is 0 Å². The van der Waals surface area contributed by atoms with Gasteiger partial charge >= 0.3 is 6.09 Å². The Morgan fingerprint density at radius 3 is 2.53 bits per heavy atom. The van der Waals surface area contributed by atoms with E-state index in [0.29, 0.717) is 0 Å². The van der Waals surface area contributed by atoms with Crippen LogP contribution >= 0.6 is 0 Å². The first kappa shape index (κ1) is 12.2. The fourth-order valence-electron chi connectivity index (χ4n) is 1.17. The Morgan fingerprint density at radius 2 is 2.13 bits per heavy atom. The number of alkyl halides is 1. The number of halogens is 1. The third kappa shape index (κ3) is 4.46. The summed E-state index contributed by atoms with van der Waals surface area (Å²) in [5.41, 5.74) is -1.77. The number of amides is 1. The Balaban J connectivity index is 2.12. The van der Waals surface area contributed by atoms with Gasteiger partial charge in [0.15, 0.2) is 5.67 Å². The van der Waals surface area contributed by atoms with Crippen molar-refractivity contribution < 1.29 is 18.7 Å². The van der Waals surface area contributed by atoms with Gasteiger partial charge in [-0.25, -0.2) is 9.18 Å². The second-order valence-electron chi connectivity index (χ2n) is 4.82. The fourth-order valence-corrected chi connectivity index (χ4v) is 1.17. The Bertz CT molecular complexity index is 233. The summed E-state index contributed by atoms with van der Waals surface area (Å²) in [7, 11) is 0. The second-order valence-corrected chi connectivity index (χ2v) is 4.82. The maximum atomic E-state index is 13.4. The van der Waals surface area contributed by atoms with E-state index in [-0.39, 0.29) is 26.2 Å². The van der Waals surface area contributed by atoms with Crippen LogP contribution in [0.3, 0.4) is 0 Å². The SMILES string of the molecule is CC(C)(C)OC(=O)NCCC1(F)COC1. The lowest BCUT2D eigenvalue weighted by atomic mass is 10.0. The van der Waals surface area contributed by atoms with Crippen LogP contribution in [0.2, 0.25) is 0 Å². The highest BCUT2D eigenvalue weighted by Gasteiger charge is 2.38. The largest absolute Gasteiger partial charge is 0.444 e. The molecule has 1 aliphatic heterocycles. The van der Waals surface area contributed by atoms with Gasteiger partial charge in [-0.1, -0.05) is 0 Å². The lowest BCUT2D eigenvalue weighted by Crippen LogP contribution is -2.47. The zero-order chi connectivity index (χ0) is 11.5. The molecule has 0 radical (unpaired) electrons. The standard InChI is InChI=1S/C10H18FNO3/c1-9(2,3)15-8(13)12-5-4-10(11)6-14-7-10/h4-7H2,1-3H3,(H,12,13). The van der Waals surface area contributed by atoms with Crippen molar-refractivity contribution in [2.24, 2.45) is 0 Å². The van der Waals surface area contributed by atoms with Gasteiger partial charge in [0.2, 0.25) is 0 Å². The van der Waals surface area contributed by atoms with Gasteiger partial charge in [-0.3, -0.25) is 0 Å². The predicted molar refractivity (Wildman–Crippen MR) is 53.5 cm³/mol. The van der Waals surface area contributed by atoms with Crippen LogP contribution < -0.4 is 5.32 Å². The molecule has 15 heavy (non-hydrogen) atoms. The van der Waals surface area contributed by atoms with Gasteiger partial charge in [-0.05, 0) is 20.8 Å². The maximum absolute atomic E-state index is 13.4. The average molecular weight is 219 g/mol. The van der Waals surface area contributed by atoms with Gasteiger partial charge in [0.1, 0.15) is 5.60 Å². The van der Waals surface area contributed by atoms with E-state index in [1.165, 1.54) is 0 Å². The molecule has 0 aromatic heterocycles. The van der Waals surface area contributed by atoms with Crippen LogP contribution in [0.1, 0.15) is 27.2 Å². The molecule has 1 amide bonds. The van der Waals surface area contributed by atoms with E-state index in [1.807, 2.05) is 0 Å². The van der Waals surface area contributed by atoms with Gasteiger partial charge in [0, 0.05) is 13.0 Å². The first-order valence-corrected chi connectivity index (χ1v) is 5.04. The van der Waals surface area contributed by atoms with Crippen molar-refractivity contribution in [3.63, 3.8) is 0 Å². The summed E-state index contributed by atoms with van der Waals surface area (Å²) in [6, 6.07) is 0. The summed E-state index contributed by atoms with van der Waals surface area (Å²) in [5, 5.41) is 2.51. The monoisotopic (exact) mass is 219 g/mol. The lowest BCUT2D eigenvalue weighted by Gasteiger charge is -2.33. The quantitative estimate of drug-likeness (QED) is 0.785. The topological polar surface area (TPSA) is 47.6 Å². The molecule has 5 heteroatoms. The van der Waals surface area contributed by atoms with Gasteiger partial charge in [-0.2, -0.15) is 0 Å². The number of rotatable bonds is 3. The van der Waals surface area contributed by atoms with Crippen LogP contribution in [-0.4, -0.2) is 37.1 Å². The van der Waals surface area contributed by atoms with E-state index < -0.39 is 17.4 Å². The van der Waals surface area contributed by atoms with E-state index in [9.17, 15) is 9.18 Å². The molecule has 0 aromatic rings. The van der Waals surface area contributed by atoms with Crippen molar-refractivity contribution in [1.29, 1.82) is 0 Å². The molecule has 0 bridgehead atoms. The lowest BCUT2D eigenvalue weighted by molar-refractivity contribution is -0.132. The summed E-state index contributed by atoms with van der Waals surface area (Å²) in [6.07, 6.45) is -0.238. The molecule has 1 heterocycles. The van der Waals surface area contributed by atoms with E-state index >= 15 is 0 Å². The summed E-state index contributed by atoms with van der Waals surface area (Å²) in [6.45, 7) is 5.87. The molecule has 1 fully saturated rings. The Morgan fingerprint density at radius 1 is 1.53 bits per heavy atom. The number of carbonyl (C=O) groups excluding carboxylic acids is 1. The van der Waals surface area contributed by atoms with E-state index in [2.05, 4.69) is 5.32 Å². The average Bonchev–Trinajstić information content (AvgIpc) is 1.97. The van der Waals surface area contributed by atoms with Crippen molar-refractivity contribution in [3.8, 4) is 0 Å². The van der Waals surface area contributed by atoms with Crippen molar-refractivity contribution in [2.75, 3.05) is 19.8 Å². The fraction of sp³-hybridized carbons (Fsp3) is 0.900. The number of alkyl carbamates (subject to hydrolysis) is 1. The number of ether oxygens (including phenoxy) is 2. The molecular weight excluding hydrogens is 201 g/mol.